The minimum absolute atomic E-state index is 0. The molecule has 1 aromatic carbocycles. The number of nitrogens with one attached hydrogen (secondary N) is 1. The number of guanidine groups is 1. The number of anilines is 1. The molecule has 0 aromatic heterocycles. The molecule has 3 N–H and O–H groups in total. The molecule has 128 valence electrons. The highest BCUT2D eigenvalue weighted by molar-refractivity contribution is 14.0. The third kappa shape index (κ3) is 5.00. The number of nitrogens with two attached hydrogens (primary N) is 1. The van der Waals surface area contributed by atoms with Crippen LogP contribution in [-0.2, 0) is 0 Å². The van der Waals surface area contributed by atoms with Gasteiger partial charge in [-0.1, -0.05) is 31.0 Å². The molecule has 0 spiro atoms. The zero-order valence-corrected chi connectivity index (χ0v) is 16.7. The lowest BCUT2D eigenvalue weighted by Crippen LogP contribution is -2.52. The molecule has 0 radical (unpaired) electrons. The fourth-order valence-corrected chi connectivity index (χ4v) is 4.49. The van der Waals surface area contributed by atoms with Crippen LogP contribution in [0.5, 0.6) is 0 Å². The van der Waals surface area contributed by atoms with Crippen LogP contribution in [0, 0.1) is 0 Å². The Labute approximate surface area is 160 Å². The van der Waals surface area contributed by atoms with Crippen LogP contribution in [0.15, 0.2) is 35.3 Å². The second-order valence-corrected chi connectivity index (χ2v) is 7.45. The van der Waals surface area contributed by atoms with Gasteiger partial charge in [-0.05, 0) is 25.0 Å². The van der Waals surface area contributed by atoms with E-state index in [-0.39, 0.29) is 29.5 Å². The van der Waals surface area contributed by atoms with E-state index in [1.807, 2.05) is 30.3 Å². The van der Waals surface area contributed by atoms with Crippen molar-refractivity contribution in [3.05, 3.63) is 30.3 Å². The number of hydrogen-bond donors (Lipinski definition) is 2. The van der Waals surface area contributed by atoms with Gasteiger partial charge in [-0.15, -0.1) is 24.0 Å². The Kier molecular flexibility index (Phi) is 7.49. The van der Waals surface area contributed by atoms with Gasteiger partial charge < -0.3 is 11.1 Å². The highest BCUT2D eigenvalue weighted by Crippen LogP contribution is 2.37. The lowest BCUT2D eigenvalue weighted by Gasteiger charge is -2.42. The van der Waals surface area contributed by atoms with E-state index in [1.54, 1.807) is 0 Å². The van der Waals surface area contributed by atoms with E-state index in [9.17, 15) is 0 Å². The number of halogens is 1. The highest BCUT2D eigenvalue weighted by atomic mass is 127. The van der Waals surface area contributed by atoms with Crippen LogP contribution in [0.2, 0.25) is 0 Å². The summed E-state index contributed by atoms with van der Waals surface area (Å²) in [5, 5.41) is 3.19. The number of benzene rings is 1. The Morgan fingerprint density at radius 2 is 1.83 bits per heavy atom. The van der Waals surface area contributed by atoms with Crippen LogP contribution < -0.4 is 11.1 Å². The largest absolute Gasteiger partial charge is 0.370 e. The van der Waals surface area contributed by atoms with Gasteiger partial charge >= 0.3 is 0 Å². The summed E-state index contributed by atoms with van der Waals surface area (Å²) in [6.45, 7) is 3.22. The maximum atomic E-state index is 6.09. The molecule has 1 aromatic rings. The third-order valence-corrected chi connectivity index (χ3v) is 5.75. The molecule has 0 atom stereocenters. The van der Waals surface area contributed by atoms with Gasteiger partial charge in [-0.25, -0.2) is 0 Å². The number of nitrogens with zero attached hydrogens (tertiary/aromatic N) is 2. The molecule has 23 heavy (non-hydrogen) atoms. The topological polar surface area (TPSA) is 53.6 Å². The minimum Gasteiger partial charge on any atom is -0.370 e. The van der Waals surface area contributed by atoms with Gasteiger partial charge in [0, 0.05) is 35.8 Å². The van der Waals surface area contributed by atoms with E-state index in [2.05, 4.69) is 27.0 Å². The van der Waals surface area contributed by atoms with Gasteiger partial charge in [0.2, 0.25) is 0 Å². The number of hydrogen-bond acceptors (Lipinski definition) is 3. The molecular weight excluding hydrogens is 419 g/mol. The SMILES string of the molecule is I.NC(=NCC1(N2CCSCC2)CCCC1)Nc1ccccc1. The maximum absolute atomic E-state index is 6.09. The van der Waals surface area contributed by atoms with Gasteiger partial charge in [0.15, 0.2) is 5.96 Å². The van der Waals surface area contributed by atoms with Crippen molar-refractivity contribution in [3.63, 3.8) is 0 Å². The van der Waals surface area contributed by atoms with E-state index < -0.39 is 0 Å². The lowest BCUT2D eigenvalue weighted by molar-refractivity contribution is 0.112. The van der Waals surface area contributed by atoms with Crippen molar-refractivity contribution < 1.29 is 0 Å². The maximum Gasteiger partial charge on any atom is 0.193 e. The molecule has 0 unspecified atom stereocenters. The standard InChI is InChI=1S/C17H26N4S.HI/c18-16(20-15-6-2-1-3-7-15)19-14-17(8-4-5-9-17)21-10-12-22-13-11-21;/h1-3,6-7H,4-5,8-14H2,(H3,18,19,20);1H. The Morgan fingerprint density at radius 3 is 2.48 bits per heavy atom. The van der Waals surface area contributed by atoms with Crippen molar-refractivity contribution in [3.8, 4) is 0 Å². The Morgan fingerprint density at radius 1 is 1.17 bits per heavy atom. The molecular formula is C17H27IN4S. The van der Waals surface area contributed by atoms with E-state index in [0.717, 1.165) is 12.2 Å². The van der Waals surface area contributed by atoms with Crippen LogP contribution in [0.3, 0.4) is 0 Å². The second kappa shape index (κ2) is 9.13. The third-order valence-electron chi connectivity index (χ3n) is 4.81. The summed E-state index contributed by atoms with van der Waals surface area (Å²) >= 11 is 2.07. The van der Waals surface area contributed by atoms with Crippen LogP contribution >= 0.6 is 35.7 Å². The van der Waals surface area contributed by atoms with Gasteiger partial charge in [-0.3, -0.25) is 9.89 Å². The van der Waals surface area contributed by atoms with E-state index in [1.165, 1.54) is 50.3 Å². The van der Waals surface area contributed by atoms with Crippen LogP contribution in [0.25, 0.3) is 0 Å². The number of rotatable bonds is 4. The normalized spacial score (nSPS) is 21.7. The van der Waals surface area contributed by atoms with Crippen molar-refractivity contribution in [2.75, 3.05) is 36.5 Å². The predicted octanol–water partition coefficient (Wildman–Crippen LogP) is 3.39. The quantitative estimate of drug-likeness (QED) is 0.423. The summed E-state index contributed by atoms with van der Waals surface area (Å²) in [7, 11) is 0. The van der Waals surface area contributed by atoms with Crippen LogP contribution in [-0.4, -0.2) is 47.5 Å². The van der Waals surface area contributed by atoms with Crippen LogP contribution in [0.4, 0.5) is 5.69 Å². The molecule has 1 heterocycles. The zero-order valence-electron chi connectivity index (χ0n) is 13.5. The van der Waals surface area contributed by atoms with Gasteiger partial charge in [0.1, 0.15) is 0 Å². The molecule has 2 fully saturated rings. The molecule has 1 saturated heterocycles. The van der Waals surface area contributed by atoms with Gasteiger partial charge in [0.25, 0.3) is 0 Å². The van der Waals surface area contributed by atoms with Crippen molar-refractivity contribution in [2.45, 2.75) is 31.2 Å². The number of para-hydroxylation sites is 1. The average Bonchev–Trinajstić information content (AvgIpc) is 3.05. The van der Waals surface area contributed by atoms with Crippen molar-refractivity contribution in [1.82, 2.24) is 4.90 Å². The summed E-state index contributed by atoms with van der Waals surface area (Å²) in [6.07, 6.45) is 5.18. The summed E-state index contributed by atoms with van der Waals surface area (Å²) in [5.74, 6) is 3.04. The Balaban J connectivity index is 0.00000192. The molecule has 1 saturated carbocycles. The average molecular weight is 446 g/mol. The van der Waals surface area contributed by atoms with Crippen molar-refractivity contribution in [2.24, 2.45) is 10.7 Å². The Bertz CT molecular complexity index is 497. The molecule has 0 bridgehead atoms. The molecule has 2 aliphatic rings. The highest BCUT2D eigenvalue weighted by Gasteiger charge is 2.39. The summed E-state index contributed by atoms with van der Waals surface area (Å²) in [4.78, 5) is 7.36. The summed E-state index contributed by atoms with van der Waals surface area (Å²) < 4.78 is 0. The molecule has 0 amide bonds. The predicted molar refractivity (Wildman–Crippen MR) is 112 cm³/mol. The van der Waals surface area contributed by atoms with E-state index in [0.29, 0.717) is 5.96 Å². The first-order valence-corrected chi connectivity index (χ1v) is 9.39. The number of thioether (sulfide) groups is 1. The van der Waals surface area contributed by atoms with Gasteiger partial charge in [-0.2, -0.15) is 11.8 Å². The first kappa shape index (κ1) is 18.9. The molecule has 6 heteroatoms. The summed E-state index contributed by atoms with van der Waals surface area (Å²) in [5.41, 5.74) is 7.34. The van der Waals surface area contributed by atoms with Crippen LogP contribution in [0.1, 0.15) is 25.7 Å². The zero-order chi connectivity index (χ0) is 15.3. The lowest BCUT2D eigenvalue weighted by atomic mass is 9.95. The fourth-order valence-electron chi connectivity index (χ4n) is 3.59. The minimum atomic E-state index is 0. The van der Waals surface area contributed by atoms with Gasteiger partial charge in [0.05, 0.1) is 6.54 Å². The monoisotopic (exact) mass is 446 g/mol. The first-order valence-electron chi connectivity index (χ1n) is 8.23. The van der Waals surface area contributed by atoms with Crippen molar-refractivity contribution in [1.29, 1.82) is 0 Å². The van der Waals surface area contributed by atoms with E-state index in [4.69, 9.17) is 5.73 Å². The Hall–Kier alpha value is -0.470. The molecule has 4 nitrogen and oxygen atoms in total. The fraction of sp³-hybridized carbons (Fsp3) is 0.588. The molecule has 1 aliphatic carbocycles. The summed E-state index contributed by atoms with van der Waals surface area (Å²) in [6, 6.07) is 10.0. The molecule has 3 rings (SSSR count). The second-order valence-electron chi connectivity index (χ2n) is 6.22. The smallest absolute Gasteiger partial charge is 0.193 e. The molecule has 1 aliphatic heterocycles. The van der Waals surface area contributed by atoms with E-state index >= 15 is 0 Å². The first-order chi connectivity index (χ1) is 10.8. The van der Waals surface area contributed by atoms with Crippen molar-refractivity contribution >= 4 is 47.4 Å². The number of aliphatic imine (C=N–C) groups is 1.